The first-order valence-corrected chi connectivity index (χ1v) is 7.25. The number of hydrogen-bond acceptors (Lipinski definition) is 4. The van der Waals surface area contributed by atoms with E-state index in [-0.39, 0.29) is 11.3 Å². The lowest BCUT2D eigenvalue weighted by atomic mass is 10.2. The molecule has 0 saturated carbocycles. The second-order valence-electron chi connectivity index (χ2n) is 4.80. The second-order valence-corrected chi connectivity index (χ2v) is 5.24. The summed E-state index contributed by atoms with van der Waals surface area (Å²) in [5, 5.41) is 7.17. The molecule has 24 heavy (non-hydrogen) atoms. The van der Waals surface area contributed by atoms with Crippen molar-refractivity contribution in [3.05, 3.63) is 65.5 Å². The van der Waals surface area contributed by atoms with Gasteiger partial charge in [0.15, 0.2) is 11.6 Å². The molecule has 1 amide bonds. The SMILES string of the molecule is COc1ccc(C(=O)Nc2cc(Cl)ccc2-n2cncn2)cc1F. The van der Waals surface area contributed by atoms with Gasteiger partial charge in [0.1, 0.15) is 12.7 Å². The minimum Gasteiger partial charge on any atom is -0.494 e. The maximum atomic E-state index is 13.8. The third-order valence-electron chi connectivity index (χ3n) is 3.29. The molecule has 0 atom stereocenters. The summed E-state index contributed by atoms with van der Waals surface area (Å²) in [5.41, 5.74) is 1.16. The largest absolute Gasteiger partial charge is 0.494 e. The van der Waals surface area contributed by atoms with E-state index in [9.17, 15) is 9.18 Å². The zero-order chi connectivity index (χ0) is 17.1. The van der Waals surface area contributed by atoms with Crippen LogP contribution in [0.5, 0.6) is 5.75 Å². The summed E-state index contributed by atoms with van der Waals surface area (Å²) in [6, 6.07) is 8.91. The Balaban J connectivity index is 1.92. The quantitative estimate of drug-likeness (QED) is 0.786. The summed E-state index contributed by atoms with van der Waals surface area (Å²) in [6.07, 6.45) is 2.87. The molecule has 0 bridgehead atoms. The average molecular weight is 347 g/mol. The van der Waals surface area contributed by atoms with Crippen molar-refractivity contribution < 1.29 is 13.9 Å². The van der Waals surface area contributed by atoms with Gasteiger partial charge in [0.05, 0.1) is 18.5 Å². The first-order valence-electron chi connectivity index (χ1n) is 6.88. The maximum Gasteiger partial charge on any atom is 0.255 e. The third-order valence-corrected chi connectivity index (χ3v) is 3.52. The molecular weight excluding hydrogens is 335 g/mol. The molecule has 1 N–H and O–H groups in total. The third kappa shape index (κ3) is 3.21. The Morgan fingerprint density at radius 3 is 2.79 bits per heavy atom. The molecular formula is C16H12ClFN4O2. The number of nitrogens with zero attached hydrogens (tertiary/aromatic N) is 3. The molecule has 122 valence electrons. The van der Waals surface area contributed by atoms with Gasteiger partial charge in [-0.05, 0) is 36.4 Å². The maximum absolute atomic E-state index is 13.8. The topological polar surface area (TPSA) is 69.0 Å². The van der Waals surface area contributed by atoms with Crippen molar-refractivity contribution in [2.24, 2.45) is 0 Å². The fourth-order valence-corrected chi connectivity index (χ4v) is 2.31. The first-order chi connectivity index (χ1) is 11.6. The fraction of sp³-hybridized carbons (Fsp3) is 0.0625. The molecule has 2 aromatic carbocycles. The molecule has 0 saturated heterocycles. The highest BCUT2D eigenvalue weighted by Gasteiger charge is 2.14. The van der Waals surface area contributed by atoms with E-state index in [1.54, 1.807) is 18.2 Å². The lowest BCUT2D eigenvalue weighted by Crippen LogP contribution is -2.14. The average Bonchev–Trinajstić information content (AvgIpc) is 3.09. The molecule has 8 heteroatoms. The monoisotopic (exact) mass is 346 g/mol. The van der Waals surface area contributed by atoms with Gasteiger partial charge in [-0.3, -0.25) is 4.79 Å². The first kappa shape index (κ1) is 15.9. The van der Waals surface area contributed by atoms with Gasteiger partial charge in [0.25, 0.3) is 5.91 Å². The van der Waals surface area contributed by atoms with Crippen LogP contribution in [0.3, 0.4) is 0 Å². The van der Waals surface area contributed by atoms with Crippen molar-refractivity contribution >= 4 is 23.2 Å². The van der Waals surface area contributed by atoms with Crippen LogP contribution in [-0.2, 0) is 0 Å². The lowest BCUT2D eigenvalue weighted by Gasteiger charge is -2.12. The van der Waals surface area contributed by atoms with E-state index in [4.69, 9.17) is 16.3 Å². The number of rotatable bonds is 4. The van der Waals surface area contributed by atoms with E-state index < -0.39 is 11.7 Å². The highest BCUT2D eigenvalue weighted by Crippen LogP contribution is 2.25. The van der Waals surface area contributed by atoms with Crippen LogP contribution in [0.15, 0.2) is 49.1 Å². The molecule has 3 aromatic rings. The highest BCUT2D eigenvalue weighted by molar-refractivity contribution is 6.31. The summed E-state index contributed by atoms with van der Waals surface area (Å²) < 4.78 is 20.1. The van der Waals surface area contributed by atoms with Crippen molar-refractivity contribution in [1.29, 1.82) is 0 Å². The normalized spacial score (nSPS) is 10.5. The van der Waals surface area contributed by atoms with Crippen molar-refractivity contribution in [3.8, 4) is 11.4 Å². The number of methoxy groups -OCH3 is 1. The fourth-order valence-electron chi connectivity index (χ4n) is 2.14. The van der Waals surface area contributed by atoms with E-state index >= 15 is 0 Å². The van der Waals surface area contributed by atoms with E-state index in [2.05, 4.69) is 15.4 Å². The van der Waals surface area contributed by atoms with Crippen LogP contribution in [-0.4, -0.2) is 27.8 Å². The van der Waals surface area contributed by atoms with Crippen LogP contribution in [0, 0.1) is 5.82 Å². The summed E-state index contributed by atoms with van der Waals surface area (Å²) >= 11 is 6.00. The molecule has 0 aliphatic rings. The standard InChI is InChI=1S/C16H12ClFN4O2/c1-24-15-5-2-10(6-12(15)18)16(23)21-13-7-11(17)3-4-14(13)22-9-19-8-20-22/h2-9H,1H3,(H,21,23). The van der Waals surface area contributed by atoms with E-state index in [1.807, 2.05) is 0 Å². The van der Waals surface area contributed by atoms with E-state index in [0.29, 0.717) is 16.4 Å². The van der Waals surface area contributed by atoms with Crippen LogP contribution in [0.1, 0.15) is 10.4 Å². The zero-order valence-corrected chi connectivity index (χ0v) is 13.3. The molecule has 0 unspecified atom stereocenters. The van der Waals surface area contributed by atoms with Gasteiger partial charge in [-0.2, -0.15) is 5.10 Å². The van der Waals surface area contributed by atoms with Gasteiger partial charge >= 0.3 is 0 Å². The predicted molar refractivity (Wildman–Crippen MR) is 87.3 cm³/mol. The predicted octanol–water partition coefficient (Wildman–Crippen LogP) is 3.32. The number of halogens is 2. The summed E-state index contributed by atoms with van der Waals surface area (Å²) in [7, 11) is 1.36. The second kappa shape index (κ2) is 6.67. The van der Waals surface area contributed by atoms with Crippen molar-refractivity contribution in [2.75, 3.05) is 12.4 Å². The molecule has 0 spiro atoms. The van der Waals surface area contributed by atoms with Crippen LogP contribution in [0.25, 0.3) is 5.69 Å². The molecule has 0 aliphatic carbocycles. The lowest BCUT2D eigenvalue weighted by molar-refractivity contribution is 0.102. The minimum absolute atomic E-state index is 0.0672. The number of carbonyl (C=O) groups excluding carboxylic acids is 1. The number of amides is 1. The molecule has 6 nitrogen and oxygen atoms in total. The van der Waals surface area contributed by atoms with E-state index in [0.717, 1.165) is 6.07 Å². The highest BCUT2D eigenvalue weighted by atomic mass is 35.5. The summed E-state index contributed by atoms with van der Waals surface area (Å²) in [6.45, 7) is 0. The Morgan fingerprint density at radius 2 is 2.12 bits per heavy atom. The Morgan fingerprint density at radius 1 is 1.29 bits per heavy atom. The molecule has 0 aliphatic heterocycles. The zero-order valence-electron chi connectivity index (χ0n) is 12.5. The Bertz CT molecular complexity index is 884. The molecule has 0 radical (unpaired) electrons. The molecule has 1 heterocycles. The molecule has 1 aromatic heterocycles. The van der Waals surface area contributed by atoms with Gasteiger partial charge in [0.2, 0.25) is 0 Å². The van der Waals surface area contributed by atoms with Gasteiger partial charge in [-0.15, -0.1) is 0 Å². The van der Waals surface area contributed by atoms with Crippen molar-refractivity contribution in [2.45, 2.75) is 0 Å². The van der Waals surface area contributed by atoms with Gasteiger partial charge in [-0.1, -0.05) is 11.6 Å². The molecule has 0 fully saturated rings. The number of aromatic nitrogens is 3. The number of nitrogens with one attached hydrogen (secondary N) is 1. The minimum atomic E-state index is -0.618. The Kier molecular flexibility index (Phi) is 4.43. The number of ether oxygens (including phenoxy) is 1. The van der Waals surface area contributed by atoms with Crippen LogP contribution in [0.4, 0.5) is 10.1 Å². The Labute approximate surface area is 141 Å². The Hall–Kier alpha value is -2.93. The number of carbonyl (C=O) groups is 1. The van der Waals surface area contributed by atoms with Crippen LogP contribution >= 0.6 is 11.6 Å². The number of hydrogen-bond donors (Lipinski definition) is 1. The molecule has 3 rings (SSSR count). The van der Waals surface area contributed by atoms with Crippen LogP contribution < -0.4 is 10.1 Å². The summed E-state index contributed by atoms with van der Waals surface area (Å²) in [5.74, 6) is -1.04. The van der Waals surface area contributed by atoms with Gasteiger partial charge < -0.3 is 10.1 Å². The van der Waals surface area contributed by atoms with Gasteiger partial charge in [0, 0.05) is 10.6 Å². The van der Waals surface area contributed by atoms with E-state index in [1.165, 1.54) is 36.6 Å². The van der Waals surface area contributed by atoms with Gasteiger partial charge in [-0.25, -0.2) is 14.1 Å². The number of anilines is 1. The number of benzene rings is 2. The summed E-state index contributed by atoms with van der Waals surface area (Å²) in [4.78, 5) is 16.3. The van der Waals surface area contributed by atoms with Crippen molar-refractivity contribution in [1.82, 2.24) is 14.8 Å². The van der Waals surface area contributed by atoms with Crippen LogP contribution in [0.2, 0.25) is 5.02 Å². The van der Waals surface area contributed by atoms with Crippen molar-refractivity contribution in [3.63, 3.8) is 0 Å². The smallest absolute Gasteiger partial charge is 0.255 e.